The lowest BCUT2D eigenvalue weighted by Crippen LogP contribution is -2.45. The third kappa shape index (κ3) is 4.18. The number of nitrogens with zero attached hydrogens (tertiary/aromatic N) is 2. The summed E-state index contributed by atoms with van der Waals surface area (Å²) in [7, 11) is 3.09. The van der Waals surface area contributed by atoms with Gasteiger partial charge in [0.1, 0.15) is 5.75 Å². The molecule has 1 aromatic carbocycles. The normalized spacial score (nSPS) is 21.6. The smallest absolute Gasteiger partial charge is 0.308 e. The number of hydrogen-bond donors (Lipinski definition) is 0. The molecule has 3 rings (SSSR count). The summed E-state index contributed by atoms with van der Waals surface area (Å²) in [5, 5.41) is 0. The molecule has 6 heteroatoms. The highest BCUT2D eigenvalue weighted by molar-refractivity contribution is 5.79. The molecule has 2 aliphatic heterocycles. The minimum Gasteiger partial charge on any atom is -0.497 e. The Balaban J connectivity index is 1.55. The van der Waals surface area contributed by atoms with Crippen LogP contribution in [-0.4, -0.2) is 62.1 Å². The molecule has 1 atom stereocenters. The summed E-state index contributed by atoms with van der Waals surface area (Å²) < 4.78 is 10.0. The summed E-state index contributed by atoms with van der Waals surface area (Å²) in [6, 6.07) is 8.43. The van der Waals surface area contributed by atoms with Gasteiger partial charge in [-0.05, 0) is 49.9 Å². The van der Waals surface area contributed by atoms with Crippen molar-refractivity contribution in [2.24, 2.45) is 5.92 Å². The maximum absolute atomic E-state index is 12.7. The molecule has 1 amide bonds. The third-order valence-electron chi connectivity index (χ3n) is 5.58. The quantitative estimate of drug-likeness (QED) is 0.754. The van der Waals surface area contributed by atoms with Crippen LogP contribution >= 0.6 is 0 Å². The van der Waals surface area contributed by atoms with Crippen LogP contribution in [0.25, 0.3) is 0 Å². The average Bonchev–Trinajstić information content (AvgIpc) is 3.15. The van der Waals surface area contributed by atoms with E-state index in [0.29, 0.717) is 32.5 Å². The molecule has 0 spiro atoms. The third-order valence-corrected chi connectivity index (χ3v) is 5.58. The number of benzene rings is 1. The van der Waals surface area contributed by atoms with Crippen LogP contribution in [0, 0.1) is 5.92 Å². The van der Waals surface area contributed by atoms with E-state index >= 15 is 0 Å². The molecule has 0 aromatic heterocycles. The van der Waals surface area contributed by atoms with E-state index in [4.69, 9.17) is 9.47 Å². The van der Waals surface area contributed by atoms with Gasteiger partial charge in [0.05, 0.1) is 26.7 Å². The van der Waals surface area contributed by atoms with E-state index in [9.17, 15) is 9.59 Å². The summed E-state index contributed by atoms with van der Waals surface area (Å²) in [4.78, 5) is 28.5. The van der Waals surface area contributed by atoms with Crippen molar-refractivity contribution in [2.75, 3.05) is 40.4 Å². The van der Waals surface area contributed by atoms with Gasteiger partial charge >= 0.3 is 5.97 Å². The number of piperidine rings is 1. The zero-order valence-electron chi connectivity index (χ0n) is 15.6. The van der Waals surface area contributed by atoms with Gasteiger partial charge < -0.3 is 14.4 Å². The van der Waals surface area contributed by atoms with Gasteiger partial charge in [-0.3, -0.25) is 14.5 Å². The molecule has 0 saturated carbocycles. The van der Waals surface area contributed by atoms with E-state index in [-0.39, 0.29) is 23.8 Å². The fourth-order valence-electron chi connectivity index (χ4n) is 4.02. The molecular weight excluding hydrogens is 332 g/mol. The fraction of sp³-hybridized carbons (Fsp3) is 0.600. The SMILES string of the molecule is COC(=O)C1CCN(C(=O)CN2CCC[C@@H]2c2ccc(OC)cc2)CC1. The van der Waals surface area contributed by atoms with E-state index in [2.05, 4.69) is 17.0 Å². The molecule has 0 radical (unpaired) electrons. The summed E-state index contributed by atoms with van der Waals surface area (Å²) >= 11 is 0. The molecule has 2 fully saturated rings. The summed E-state index contributed by atoms with van der Waals surface area (Å²) in [5.74, 6) is 0.788. The fourth-order valence-corrected chi connectivity index (χ4v) is 4.02. The van der Waals surface area contributed by atoms with Gasteiger partial charge in [-0.1, -0.05) is 12.1 Å². The monoisotopic (exact) mass is 360 g/mol. The number of likely N-dealkylation sites (tertiary alicyclic amines) is 2. The summed E-state index contributed by atoms with van der Waals surface area (Å²) in [5.41, 5.74) is 1.24. The van der Waals surface area contributed by atoms with Crippen LogP contribution in [0.15, 0.2) is 24.3 Å². The molecule has 6 nitrogen and oxygen atoms in total. The molecule has 0 aliphatic carbocycles. The first-order valence-electron chi connectivity index (χ1n) is 9.36. The Morgan fingerprint density at radius 2 is 1.73 bits per heavy atom. The van der Waals surface area contributed by atoms with Gasteiger partial charge in [-0.2, -0.15) is 0 Å². The van der Waals surface area contributed by atoms with E-state index in [1.165, 1.54) is 12.7 Å². The van der Waals surface area contributed by atoms with Crippen molar-refractivity contribution in [3.8, 4) is 5.75 Å². The van der Waals surface area contributed by atoms with Crippen LogP contribution in [0.5, 0.6) is 5.75 Å². The Morgan fingerprint density at radius 1 is 1.04 bits per heavy atom. The highest BCUT2D eigenvalue weighted by atomic mass is 16.5. The molecule has 2 heterocycles. The molecular formula is C20H28N2O4. The van der Waals surface area contributed by atoms with Crippen molar-refractivity contribution < 1.29 is 19.1 Å². The zero-order valence-corrected chi connectivity index (χ0v) is 15.6. The number of carbonyl (C=O) groups excluding carboxylic acids is 2. The second kappa shape index (κ2) is 8.54. The Morgan fingerprint density at radius 3 is 2.35 bits per heavy atom. The Labute approximate surface area is 155 Å². The molecule has 0 unspecified atom stereocenters. The van der Waals surface area contributed by atoms with Crippen LogP contribution in [0.3, 0.4) is 0 Å². The highest BCUT2D eigenvalue weighted by Crippen LogP contribution is 2.32. The molecule has 1 aromatic rings. The predicted octanol–water partition coefficient (Wildman–Crippen LogP) is 2.24. The van der Waals surface area contributed by atoms with Gasteiger partial charge in [0.15, 0.2) is 0 Å². The summed E-state index contributed by atoms with van der Waals surface area (Å²) in [6.07, 6.45) is 3.57. The largest absolute Gasteiger partial charge is 0.497 e. The molecule has 0 bridgehead atoms. The first-order valence-corrected chi connectivity index (χ1v) is 9.36. The van der Waals surface area contributed by atoms with Gasteiger partial charge in [-0.25, -0.2) is 0 Å². The summed E-state index contributed by atoms with van der Waals surface area (Å²) in [6.45, 7) is 2.67. The Kier molecular flexibility index (Phi) is 6.14. The Hall–Kier alpha value is -2.08. The van der Waals surface area contributed by atoms with E-state index < -0.39 is 0 Å². The lowest BCUT2D eigenvalue weighted by molar-refractivity contribution is -0.149. The van der Waals surface area contributed by atoms with Crippen LogP contribution in [0.2, 0.25) is 0 Å². The molecule has 26 heavy (non-hydrogen) atoms. The first kappa shape index (κ1) is 18.7. The van der Waals surface area contributed by atoms with Crippen LogP contribution in [0.1, 0.15) is 37.3 Å². The first-order chi connectivity index (χ1) is 12.6. The zero-order chi connectivity index (χ0) is 18.5. The number of rotatable bonds is 5. The minimum absolute atomic E-state index is 0.0668. The lowest BCUT2D eigenvalue weighted by Gasteiger charge is -2.33. The van der Waals surface area contributed by atoms with Crippen molar-refractivity contribution in [2.45, 2.75) is 31.7 Å². The van der Waals surface area contributed by atoms with Gasteiger partial charge in [0, 0.05) is 19.1 Å². The van der Waals surface area contributed by atoms with Crippen molar-refractivity contribution in [3.05, 3.63) is 29.8 Å². The average molecular weight is 360 g/mol. The van der Waals surface area contributed by atoms with E-state index in [1.54, 1.807) is 7.11 Å². The van der Waals surface area contributed by atoms with Crippen LogP contribution in [-0.2, 0) is 14.3 Å². The highest BCUT2D eigenvalue weighted by Gasteiger charge is 2.32. The number of carbonyl (C=O) groups is 2. The van der Waals surface area contributed by atoms with Gasteiger partial charge in [-0.15, -0.1) is 0 Å². The second-order valence-corrected chi connectivity index (χ2v) is 7.08. The standard InChI is InChI=1S/C20H28N2O4/c1-25-17-7-5-15(6-8-17)18-4-3-11-22(18)14-19(23)21-12-9-16(10-13-21)20(24)26-2/h5-8,16,18H,3-4,9-14H2,1-2H3/t18-/m1/s1. The number of amides is 1. The maximum Gasteiger partial charge on any atom is 0.308 e. The van der Waals surface area contributed by atoms with Gasteiger partial charge in [0.25, 0.3) is 0 Å². The topological polar surface area (TPSA) is 59.1 Å². The predicted molar refractivity (Wildman–Crippen MR) is 97.9 cm³/mol. The lowest BCUT2D eigenvalue weighted by atomic mass is 9.97. The number of esters is 1. The van der Waals surface area contributed by atoms with Gasteiger partial charge in [0.2, 0.25) is 5.91 Å². The number of ether oxygens (including phenoxy) is 2. The minimum atomic E-state index is -0.156. The molecule has 0 N–H and O–H groups in total. The Bertz CT molecular complexity index is 623. The van der Waals surface area contributed by atoms with E-state index in [0.717, 1.165) is 25.1 Å². The van der Waals surface area contributed by atoms with Crippen molar-refractivity contribution in [1.29, 1.82) is 0 Å². The van der Waals surface area contributed by atoms with Crippen molar-refractivity contribution >= 4 is 11.9 Å². The maximum atomic E-state index is 12.7. The molecule has 2 aliphatic rings. The van der Waals surface area contributed by atoms with Crippen molar-refractivity contribution in [3.63, 3.8) is 0 Å². The number of methoxy groups -OCH3 is 2. The number of hydrogen-bond acceptors (Lipinski definition) is 5. The van der Waals surface area contributed by atoms with E-state index in [1.807, 2.05) is 17.0 Å². The second-order valence-electron chi connectivity index (χ2n) is 7.08. The molecule has 142 valence electrons. The van der Waals surface area contributed by atoms with Crippen molar-refractivity contribution in [1.82, 2.24) is 9.80 Å². The molecule has 2 saturated heterocycles. The van der Waals surface area contributed by atoms with Crippen LogP contribution < -0.4 is 4.74 Å². The van der Waals surface area contributed by atoms with Crippen LogP contribution in [0.4, 0.5) is 0 Å².